The van der Waals surface area contributed by atoms with Crippen molar-refractivity contribution in [1.29, 1.82) is 0 Å². The molecular formula is C20H19N3O3. The smallest absolute Gasteiger partial charge is 0.335 e. The van der Waals surface area contributed by atoms with E-state index >= 15 is 0 Å². The van der Waals surface area contributed by atoms with Crippen LogP contribution in [0.2, 0.25) is 0 Å². The summed E-state index contributed by atoms with van der Waals surface area (Å²) in [6.07, 6.45) is 0. The second-order valence-electron chi connectivity index (χ2n) is 6.23. The van der Waals surface area contributed by atoms with Gasteiger partial charge < -0.3 is 15.3 Å². The van der Waals surface area contributed by atoms with Crippen molar-refractivity contribution in [3.63, 3.8) is 0 Å². The van der Waals surface area contributed by atoms with E-state index in [2.05, 4.69) is 10.3 Å². The van der Waals surface area contributed by atoms with Crippen molar-refractivity contribution in [1.82, 2.24) is 4.98 Å². The highest BCUT2D eigenvalue weighted by molar-refractivity contribution is 6.13. The molecule has 0 bridgehead atoms. The van der Waals surface area contributed by atoms with Crippen LogP contribution in [-0.2, 0) is 0 Å². The van der Waals surface area contributed by atoms with Crippen molar-refractivity contribution in [2.45, 2.75) is 6.92 Å². The van der Waals surface area contributed by atoms with Gasteiger partial charge in [-0.3, -0.25) is 4.79 Å². The molecule has 3 aromatic rings. The van der Waals surface area contributed by atoms with Crippen LogP contribution in [0.5, 0.6) is 0 Å². The van der Waals surface area contributed by atoms with Gasteiger partial charge in [-0.15, -0.1) is 0 Å². The van der Waals surface area contributed by atoms with E-state index in [1.165, 1.54) is 12.1 Å². The zero-order valence-electron chi connectivity index (χ0n) is 14.8. The molecule has 1 aromatic heterocycles. The third-order valence-corrected chi connectivity index (χ3v) is 4.13. The Morgan fingerprint density at radius 3 is 2.46 bits per heavy atom. The van der Waals surface area contributed by atoms with Crippen LogP contribution >= 0.6 is 0 Å². The molecule has 0 spiro atoms. The molecule has 0 atom stereocenters. The van der Waals surface area contributed by atoms with Gasteiger partial charge in [-0.2, -0.15) is 0 Å². The molecule has 1 amide bonds. The SMILES string of the molecule is Cc1cc(C(=O)O)ccc1NC(=O)c1cc(N(C)C)nc2ccccc12. The Bertz CT molecular complexity index is 1010. The van der Waals surface area contributed by atoms with E-state index in [0.717, 1.165) is 10.9 Å². The lowest BCUT2D eigenvalue weighted by Gasteiger charge is -2.15. The van der Waals surface area contributed by atoms with Crippen LogP contribution in [0.4, 0.5) is 11.5 Å². The quantitative estimate of drug-likeness (QED) is 0.752. The largest absolute Gasteiger partial charge is 0.478 e. The summed E-state index contributed by atoms with van der Waals surface area (Å²) in [6.45, 7) is 1.76. The first-order valence-corrected chi connectivity index (χ1v) is 8.09. The van der Waals surface area contributed by atoms with Crippen LogP contribution in [-0.4, -0.2) is 36.1 Å². The van der Waals surface area contributed by atoms with Crippen LogP contribution in [0.15, 0.2) is 48.5 Å². The topological polar surface area (TPSA) is 82.5 Å². The number of hydrogen-bond acceptors (Lipinski definition) is 4. The van der Waals surface area contributed by atoms with Gasteiger partial charge in [0.2, 0.25) is 0 Å². The number of pyridine rings is 1. The number of amides is 1. The number of aryl methyl sites for hydroxylation is 1. The number of para-hydroxylation sites is 1. The summed E-state index contributed by atoms with van der Waals surface area (Å²) in [7, 11) is 3.74. The van der Waals surface area contributed by atoms with Crippen LogP contribution in [0, 0.1) is 6.92 Å². The highest BCUT2D eigenvalue weighted by Gasteiger charge is 2.15. The Labute approximate surface area is 151 Å². The third-order valence-electron chi connectivity index (χ3n) is 4.13. The van der Waals surface area contributed by atoms with Crippen LogP contribution in [0.3, 0.4) is 0 Å². The molecule has 2 aromatic carbocycles. The number of rotatable bonds is 4. The lowest BCUT2D eigenvalue weighted by Crippen LogP contribution is -2.16. The Hall–Kier alpha value is -3.41. The molecule has 1 heterocycles. The van der Waals surface area contributed by atoms with Gasteiger partial charge in [0.25, 0.3) is 5.91 Å². The fourth-order valence-electron chi connectivity index (χ4n) is 2.70. The fraction of sp³-hybridized carbons (Fsp3) is 0.150. The highest BCUT2D eigenvalue weighted by Crippen LogP contribution is 2.24. The maximum Gasteiger partial charge on any atom is 0.335 e. The number of hydrogen-bond donors (Lipinski definition) is 2. The lowest BCUT2D eigenvalue weighted by atomic mass is 10.1. The molecule has 0 aliphatic rings. The van der Waals surface area contributed by atoms with Gasteiger partial charge in [0, 0.05) is 25.2 Å². The van der Waals surface area contributed by atoms with Crippen molar-refractivity contribution in [2.75, 3.05) is 24.3 Å². The molecule has 0 aliphatic heterocycles. The minimum Gasteiger partial charge on any atom is -0.478 e. The predicted octanol–water partition coefficient (Wildman–Crippen LogP) is 3.56. The Kier molecular flexibility index (Phi) is 4.58. The van der Waals surface area contributed by atoms with Crippen molar-refractivity contribution in [3.8, 4) is 0 Å². The highest BCUT2D eigenvalue weighted by atomic mass is 16.4. The van der Waals surface area contributed by atoms with Crippen molar-refractivity contribution >= 4 is 34.3 Å². The average Bonchev–Trinajstić information content (AvgIpc) is 2.62. The summed E-state index contributed by atoms with van der Waals surface area (Å²) in [5.41, 5.74) is 2.70. The molecule has 0 fully saturated rings. The number of anilines is 2. The second-order valence-corrected chi connectivity index (χ2v) is 6.23. The first-order chi connectivity index (χ1) is 12.4. The van der Waals surface area contributed by atoms with Crippen LogP contribution in [0.1, 0.15) is 26.3 Å². The Morgan fingerprint density at radius 1 is 1.08 bits per heavy atom. The van der Waals surface area contributed by atoms with E-state index in [-0.39, 0.29) is 11.5 Å². The minimum atomic E-state index is -0.998. The van der Waals surface area contributed by atoms with Crippen molar-refractivity contribution < 1.29 is 14.7 Å². The van der Waals surface area contributed by atoms with Gasteiger partial charge in [-0.05, 0) is 42.8 Å². The Balaban J connectivity index is 2.01. The predicted molar refractivity (Wildman–Crippen MR) is 102 cm³/mol. The molecule has 6 nitrogen and oxygen atoms in total. The molecule has 0 radical (unpaired) electrons. The van der Waals surface area contributed by atoms with Crippen LogP contribution < -0.4 is 10.2 Å². The summed E-state index contributed by atoms with van der Waals surface area (Å²) in [4.78, 5) is 30.4. The zero-order valence-corrected chi connectivity index (χ0v) is 14.8. The number of aromatic nitrogens is 1. The number of nitrogens with zero attached hydrogens (tertiary/aromatic N) is 2. The Morgan fingerprint density at radius 2 is 1.81 bits per heavy atom. The van der Waals surface area contributed by atoms with E-state index in [1.807, 2.05) is 43.3 Å². The summed E-state index contributed by atoms with van der Waals surface area (Å²) < 4.78 is 0. The summed E-state index contributed by atoms with van der Waals surface area (Å²) in [5, 5.41) is 12.7. The molecule has 0 saturated carbocycles. The van der Waals surface area contributed by atoms with Gasteiger partial charge in [0.15, 0.2) is 0 Å². The molecule has 2 N–H and O–H groups in total. The van der Waals surface area contributed by atoms with E-state index in [0.29, 0.717) is 22.6 Å². The van der Waals surface area contributed by atoms with E-state index in [4.69, 9.17) is 5.11 Å². The van der Waals surface area contributed by atoms with E-state index in [1.54, 1.807) is 19.1 Å². The minimum absolute atomic E-state index is 0.185. The standard InChI is InChI=1S/C20H19N3O3/c1-12-10-13(20(25)26)8-9-16(12)22-19(24)15-11-18(23(2)3)21-17-7-5-4-6-14(15)17/h4-11H,1-3H3,(H,22,24)(H,25,26). The molecule has 26 heavy (non-hydrogen) atoms. The molecule has 132 valence electrons. The number of carboxylic acids is 1. The van der Waals surface area contributed by atoms with Gasteiger partial charge in [-0.25, -0.2) is 9.78 Å². The third kappa shape index (κ3) is 3.35. The maximum atomic E-state index is 12.9. The summed E-state index contributed by atoms with van der Waals surface area (Å²) in [6, 6.07) is 13.8. The number of aromatic carboxylic acids is 1. The van der Waals surface area contributed by atoms with Gasteiger partial charge in [0.05, 0.1) is 16.6 Å². The number of fused-ring (bicyclic) bond motifs is 1. The van der Waals surface area contributed by atoms with E-state index in [9.17, 15) is 9.59 Å². The number of nitrogens with one attached hydrogen (secondary N) is 1. The number of carbonyl (C=O) groups is 2. The second kappa shape index (κ2) is 6.84. The maximum absolute atomic E-state index is 12.9. The lowest BCUT2D eigenvalue weighted by molar-refractivity contribution is 0.0696. The van der Waals surface area contributed by atoms with Crippen molar-refractivity contribution in [2.24, 2.45) is 0 Å². The molecule has 3 rings (SSSR count). The van der Waals surface area contributed by atoms with Gasteiger partial charge >= 0.3 is 5.97 Å². The summed E-state index contributed by atoms with van der Waals surface area (Å²) in [5.74, 6) is -0.577. The average molecular weight is 349 g/mol. The number of benzene rings is 2. The molecule has 0 unspecified atom stereocenters. The summed E-state index contributed by atoms with van der Waals surface area (Å²) >= 11 is 0. The first kappa shape index (κ1) is 17.4. The van der Waals surface area contributed by atoms with Crippen LogP contribution in [0.25, 0.3) is 10.9 Å². The molecular weight excluding hydrogens is 330 g/mol. The fourth-order valence-corrected chi connectivity index (χ4v) is 2.70. The van der Waals surface area contributed by atoms with Gasteiger partial charge in [-0.1, -0.05) is 18.2 Å². The van der Waals surface area contributed by atoms with Crippen molar-refractivity contribution in [3.05, 3.63) is 65.2 Å². The normalized spacial score (nSPS) is 10.6. The number of carboxylic acid groups (broad SMARTS) is 1. The van der Waals surface area contributed by atoms with E-state index < -0.39 is 5.97 Å². The number of carbonyl (C=O) groups excluding carboxylic acids is 1. The molecule has 0 saturated heterocycles. The molecule has 0 aliphatic carbocycles. The molecule has 6 heteroatoms. The monoisotopic (exact) mass is 349 g/mol. The van der Waals surface area contributed by atoms with Gasteiger partial charge in [0.1, 0.15) is 5.82 Å². The first-order valence-electron chi connectivity index (χ1n) is 8.09. The zero-order chi connectivity index (χ0) is 18.8.